The van der Waals surface area contributed by atoms with Crippen LogP contribution in [-0.2, 0) is 45.2 Å². The van der Waals surface area contributed by atoms with Crippen molar-refractivity contribution in [2.45, 2.75) is 101 Å². The zero-order valence-electron chi connectivity index (χ0n) is 37.0. The van der Waals surface area contributed by atoms with Crippen molar-refractivity contribution in [2.24, 2.45) is 28.6 Å². The summed E-state index contributed by atoms with van der Waals surface area (Å²) in [6.45, 7) is 7.78. The summed E-state index contributed by atoms with van der Waals surface area (Å²) in [5.41, 5.74) is -2.30. The number of carboxylic acids is 1. The average Bonchev–Trinajstić information content (AvgIpc) is 3.89. The number of rotatable bonds is 8. The number of aromatic nitrogens is 1. The number of piperidine rings is 1. The molecule has 1 aromatic carbocycles. The van der Waals surface area contributed by atoms with Gasteiger partial charge in [0.05, 0.1) is 19.3 Å². The Balaban J connectivity index is 1.32. The van der Waals surface area contributed by atoms with Gasteiger partial charge in [0.2, 0.25) is 17.4 Å². The van der Waals surface area contributed by atoms with Crippen LogP contribution in [-0.4, -0.2) is 144 Å². The second-order valence-electron chi connectivity index (χ2n) is 19.4. The number of carbonyl (C=O) groups is 4. The lowest BCUT2D eigenvalue weighted by atomic mass is 9.47. The van der Waals surface area contributed by atoms with Crippen LogP contribution in [0.3, 0.4) is 0 Å². The number of ether oxygens (including phenoxy) is 3. The zero-order valence-corrected chi connectivity index (χ0v) is 37.0. The number of aromatic amines is 1. The van der Waals surface area contributed by atoms with Crippen LogP contribution in [0.1, 0.15) is 64.6 Å². The quantitative estimate of drug-likeness (QED) is 0.214. The first kappa shape index (κ1) is 43.6. The third kappa shape index (κ3) is 6.06. The molecule has 1 aromatic heterocycles. The Hall–Kier alpha value is -4.64. The number of aliphatic carboxylic acids is 1. The molecule has 4 unspecified atom stereocenters. The topological polar surface area (TPSA) is 174 Å². The van der Waals surface area contributed by atoms with Gasteiger partial charge in [0.1, 0.15) is 5.41 Å². The molecule has 6 heterocycles. The van der Waals surface area contributed by atoms with Crippen molar-refractivity contribution in [2.75, 3.05) is 59.3 Å². The number of carbonyl (C=O) groups excluding carboxylic acids is 3. The molecule has 340 valence electrons. The fourth-order valence-electron chi connectivity index (χ4n) is 14.0. The van der Waals surface area contributed by atoms with Crippen LogP contribution >= 0.6 is 0 Å². The number of methoxy groups -OCH3 is 2. The Kier molecular flexibility index (Phi) is 10.4. The Morgan fingerprint density at radius 1 is 1.08 bits per heavy atom. The lowest BCUT2D eigenvalue weighted by Gasteiger charge is -2.63. The molecule has 2 bridgehead atoms. The summed E-state index contributed by atoms with van der Waals surface area (Å²) < 4.78 is 49.2. The number of allylic oxidation sites excluding steroid dienone is 1. The summed E-state index contributed by atoms with van der Waals surface area (Å²) in [6, 6.07) is 3.97. The first-order chi connectivity index (χ1) is 29.8. The van der Waals surface area contributed by atoms with Gasteiger partial charge in [-0.2, -0.15) is 0 Å². The van der Waals surface area contributed by atoms with Gasteiger partial charge < -0.3 is 44.5 Å². The van der Waals surface area contributed by atoms with Crippen molar-refractivity contribution in [3.05, 3.63) is 65.0 Å². The maximum absolute atomic E-state index is 15.4. The van der Waals surface area contributed by atoms with E-state index in [0.29, 0.717) is 62.5 Å². The monoisotopic (exact) mass is 875 g/mol. The molecule has 63 heavy (non-hydrogen) atoms. The van der Waals surface area contributed by atoms with Gasteiger partial charge in [-0.1, -0.05) is 25.2 Å². The van der Waals surface area contributed by atoms with Crippen LogP contribution < -0.4 is 5.32 Å². The molecule has 9 rings (SSSR count). The van der Waals surface area contributed by atoms with E-state index in [2.05, 4.69) is 26.2 Å². The Morgan fingerprint density at radius 2 is 1.84 bits per heavy atom. The minimum absolute atomic E-state index is 0.121. The number of alkyl halides is 2. The van der Waals surface area contributed by atoms with Gasteiger partial charge >= 0.3 is 17.9 Å². The van der Waals surface area contributed by atoms with Gasteiger partial charge in [0.15, 0.2) is 6.10 Å². The number of anilines is 1. The van der Waals surface area contributed by atoms with E-state index in [-0.39, 0.29) is 31.2 Å². The minimum atomic E-state index is -2.98. The van der Waals surface area contributed by atoms with Gasteiger partial charge in [-0.25, -0.2) is 13.6 Å². The van der Waals surface area contributed by atoms with Crippen molar-refractivity contribution >= 4 is 40.4 Å². The lowest BCUT2D eigenvalue weighted by molar-refractivity contribution is -0.241. The number of amides is 1. The number of fused-ring (bicyclic) bond motifs is 6. The maximum Gasteiger partial charge on any atom is 0.341 e. The SMILES string of the molecule is CC[C@]12C=CCN3CC[C@@]4(C5=CC([C@@]6(C(=O)OC)C[C@H]7CC(C(C)(F)F)CN(CCc8c6[nH]c6ccc(NC(C)=O)cc86)C7)C(OC)C=C5N(C)[C@H]4[C@@](O)(C(=O)O)[C@@H]1OC(C)=O)[C@@H]32. The maximum atomic E-state index is 15.4. The minimum Gasteiger partial charge on any atom is -0.479 e. The molecule has 1 saturated carbocycles. The molecule has 2 aromatic rings. The van der Waals surface area contributed by atoms with E-state index in [1.54, 1.807) is 25.1 Å². The van der Waals surface area contributed by atoms with Crippen LogP contribution in [0.2, 0.25) is 0 Å². The molecular weight excluding hydrogens is 817 g/mol. The first-order valence-corrected chi connectivity index (χ1v) is 22.2. The summed E-state index contributed by atoms with van der Waals surface area (Å²) >= 11 is 0. The Labute approximate surface area is 365 Å². The predicted octanol–water partition coefficient (Wildman–Crippen LogP) is 4.63. The number of hydrogen-bond acceptors (Lipinski definition) is 11. The summed E-state index contributed by atoms with van der Waals surface area (Å²) in [5.74, 6) is -8.20. The van der Waals surface area contributed by atoms with Crippen molar-refractivity contribution < 1.29 is 52.4 Å². The molecule has 7 aliphatic rings. The largest absolute Gasteiger partial charge is 0.479 e. The van der Waals surface area contributed by atoms with Crippen molar-refractivity contribution in [1.82, 2.24) is 19.7 Å². The van der Waals surface area contributed by atoms with Gasteiger partial charge in [0.25, 0.3) is 0 Å². The van der Waals surface area contributed by atoms with E-state index in [9.17, 15) is 24.6 Å². The number of H-pyrrole nitrogens is 1. The van der Waals surface area contributed by atoms with Gasteiger partial charge in [-0.15, -0.1) is 0 Å². The zero-order chi connectivity index (χ0) is 45.2. The highest BCUT2D eigenvalue weighted by Gasteiger charge is 2.81. The first-order valence-electron chi connectivity index (χ1n) is 22.2. The predicted molar refractivity (Wildman–Crippen MR) is 228 cm³/mol. The third-order valence-electron chi connectivity index (χ3n) is 16.2. The molecule has 1 spiro atoms. The molecule has 0 radical (unpaired) electrons. The van der Waals surface area contributed by atoms with Crippen molar-refractivity contribution in [3.8, 4) is 0 Å². The summed E-state index contributed by atoms with van der Waals surface area (Å²) in [7, 11) is 4.64. The smallest absolute Gasteiger partial charge is 0.341 e. The number of nitrogens with one attached hydrogen (secondary N) is 2. The number of aliphatic hydroxyl groups is 1. The molecule has 1 amide bonds. The second-order valence-corrected chi connectivity index (χ2v) is 19.4. The second kappa shape index (κ2) is 15.0. The van der Waals surface area contributed by atoms with Crippen LogP contribution in [0.4, 0.5) is 14.5 Å². The van der Waals surface area contributed by atoms with Crippen LogP contribution in [0.5, 0.6) is 0 Å². The van der Waals surface area contributed by atoms with E-state index >= 15 is 13.6 Å². The normalized spacial score (nSPS) is 38.2. The number of benzene rings is 1. The third-order valence-corrected chi connectivity index (χ3v) is 16.2. The van der Waals surface area contributed by atoms with E-state index in [4.69, 9.17) is 14.2 Å². The fourth-order valence-corrected chi connectivity index (χ4v) is 14.0. The van der Waals surface area contributed by atoms with Gasteiger partial charge in [-0.05, 0) is 86.9 Å². The van der Waals surface area contributed by atoms with Gasteiger partial charge in [0, 0.05) is 111 Å². The molecule has 16 heteroatoms. The molecular formula is C47H59F2N5O9. The van der Waals surface area contributed by atoms with Crippen molar-refractivity contribution in [1.29, 1.82) is 0 Å². The van der Waals surface area contributed by atoms with E-state index in [0.717, 1.165) is 29.0 Å². The van der Waals surface area contributed by atoms with Crippen molar-refractivity contribution in [3.63, 3.8) is 0 Å². The molecule has 4 fully saturated rings. The van der Waals surface area contributed by atoms with E-state index < -0.39 is 81.8 Å². The number of likely N-dealkylation sites (N-methyl/N-ethyl adjacent to an activating group) is 1. The Morgan fingerprint density at radius 3 is 2.49 bits per heavy atom. The number of carboxylic acid groups (broad SMARTS) is 1. The van der Waals surface area contributed by atoms with Crippen LogP contribution in [0.25, 0.3) is 10.9 Å². The highest BCUT2D eigenvalue weighted by molar-refractivity contribution is 5.96. The fraction of sp³-hybridized carbons (Fsp3) is 0.617. The molecule has 4 N–H and O–H groups in total. The van der Waals surface area contributed by atoms with Crippen LogP contribution in [0.15, 0.2) is 53.8 Å². The summed E-state index contributed by atoms with van der Waals surface area (Å²) in [4.78, 5) is 64.3. The number of hydrogen-bond donors (Lipinski definition) is 4. The highest BCUT2D eigenvalue weighted by atomic mass is 19.3. The summed E-state index contributed by atoms with van der Waals surface area (Å²) in [6.07, 6.45) is 7.07. The number of likely N-dealkylation sites (tertiary alicyclic amines) is 1. The Bertz CT molecular complexity index is 2360. The molecule has 12 atom stereocenters. The average molecular weight is 876 g/mol. The number of esters is 2. The number of nitrogens with zero attached hydrogens (tertiary/aromatic N) is 3. The lowest BCUT2D eigenvalue weighted by Crippen LogP contribution is -2.79. The summed E-state index contributed by atoms with van der Waals surface area (Å²) in [5, 5.41) is 28.0. The molecule has 3 saturated heterocycles. The van der Waals surface area contributed by atoms with E-state index in [1.165, 1.54) is 21.0 Å². The highest BCUT2D eigenvalue weighted by Crippen LogP contribution is 2.70. The van der Waals surface area contributed by atoms with Crippen LogP contribution in [0, 0.1) is 28.6 Å². The molecule has 14 nitrogen and oxygen atoms in total. The standard InChI is InChI=1S/C47H59F2N5O9/c1-8-44-13-9-15-54-17-14-45(38(44)54)32-20-33(36(61-6)21-35(32)52(5)39(45)47(60,41(57)58)40(44)63-26(3)56)46(42(59)62-7)22-27-18-28(43(4,48)49)24-53(23-27)16-12-30-31-19-29(50-25(2)55)10-11-34(31)51-37(30)46/h9-11,13,19-21,27-28,33,36,38-40,51,60H,8,12,14-18,22-24H2,1-7H3,(H,50,55)(H,57,58)/t27-,28?,33?,36?,38+,39-,40-,44-,45-,46+,47+/m1/s1. The van der Waals surface area contributed by atoms with E-state index in [1.807, 2.05) is 37.3 Å². The van der Waals surface area contributed by atoms with Gasteiger partial charge in [-0.3, -0.25) is 19.3 Å². The molecule has 2 aliphatic carbocycles. The molecule has 5 aliphatic heterocycles. The number of halogens is 2.